The van der Waals surface area contributed by atoms with Gasteiger partial charge in [-0.15, -0.1) is 0 Å². The van der Waals surface area contributed by atoms with Crippen LogP contribution in [-0.4, -0.2) is 50.0 Å². The third-order valence-electron chi connectivity index (χ3n) is 3.41. The van der Waals surface area contributed by atoms with Crippen LogP contribution in [0.15, 0.2) is 12.1 Å². The van der Waals surface area contributed by atoms with Gasteiger partial charge in [0, 0.05) is 6.54 Å². The summed E-state index contributed by atoms with van der Waals surface area (Å²) < 4.78 is 11.2. The number of nitrogens with zero attached hydrogens (tertiary/aromatic N) is 1. The van der Waals surface area contributed by atoms with Crippen molar-refractivity contribution in [2.24, 2.45) is 5.73 Å². The lowest BCUT2D eigenvalue weighted by atomic mass is 9.95. The Morgan fingerprint density at radius 2 is 1.84 bits per heavy atom. The Hall–Kier alpha value is -1.30. The fourth-order valence-electron chi connectivity index (χ4n) is 2.48. The summed E-state index contributed by atoms with van der Waals surface area (Å²) in [5.41, 5.74) is 7.69. The SMILES string of the molecule is Cc1cc2c(cc1C(C(O)CN)N(C)C)OCCO2. The van der Waals surface area contributed by atoms with E-state index in [4.69, 9.17) is 15.2 Å². The summed E-state index contributed by atoms with van der Waals surface area (Å²) >= 11 is 0. The van der Waals surface area contributed by atoms with Gasteiger partial charge in [-0.1, -0.05) is 0 Å². The molecule has 2 atom stereocenters. The quantitative estimate of drug-likeness (QED) is 0.839. The Morgan fingerprint density at radius 1 is 1.26 bits per heavy atom. The largest absolute Gasteiger partial charge is 0.486 e. The average molecular weight is 266 g/mol. The molecule has 0 aromatic heterocycles. The van der Waals surface area contributed by atoms with Crippen LogP contribution in [0.3, 0.4) is 0 Å². The summed E-state index contributed by atoms with van der Waals surface area (Å²) in [6.45, 7) is 3.36. The first-order chi connectivity index (χ1) is 9.04. The van der Waals surface area contributed by atoms with E-state index in [0.717, 1.165) is 22.6 Å². The van der Waals surface area contributed by atoms with Crippen molar-refractivity contribution in [3.63, 3.8) is 0 Å². The molecule has 0 saturated heterocycles. The van der Waals surface area contributed by atoms with Crippen molar-refractivity contribution in [3.05, 3.63) is 23.3 Å². The van der Waals surface area contributed by atoms with Crippen LogP contribution in [0.2, 0.25) is 0 Å². The first-order valence-corrected chi connectivity index (χ1v) is 6.49. The molecule has 0 spiro atoms. The predicted molar refractivity (Wildman–Crippen MR) is 73.7 cm³/mol. The Bertz CT molecular complexity index is 449. The van der Waals surface area contributed by atoms with E-state index in [9.17, 15) is 5.11 Å². The lowest BCUT2D eigenvalue weighted by Crippen LogP contribution is -2.36. The van der Waals surface area contributed by atoms with Crippen LogP contribution in [0.1, 0.15) is 17.2 Å². The fraction of sp³-hybridized carbons (Fsp3) is 0.571. The Labute approximate surface area is 113 Å². The Morgan fingerprint density at radius 3 is 2.37 bits per heavy atom. The number of rotatable bonds is 4. The van der Waals surface area contributed by atoms with E-state index < -0.39 is 6.10 Å². The van der Waals surface area contributed by atoms with Crippen LogP contribution in [-0.2, 0) is 0 Å². The average Bonchev–Trinajstić information content (AvgIpc) is 2.39. The summed E-state index contributed by atoms with van der Waals surface area (Å²) in [5.74, 6) is 1.51. The highest BCUT2D eigenvalue weighted by molar-refractivity contribution is 5.49. The zero-order valence-corrected chi connectivity index (χ0v) is 11.7. The molecular weight excluding hydrogens is 244 g/mol. The summed E-state index contributed by atoms with van der Waals surface area (Å²) in [6, 6.07) is 3.76. The number of likely N-dealkylation sites (N-methyl/N-ethyl adjacent to an activating group) is 1. The summed E-state index contributed by atoms with van der Waals surface area (Å²) in [5, 5.41) is 10.1. The van der Waals surface area contributed by atoms with Gasteiger partial charge < -0.3 is 25.2 Å². The van der Waals surface area contributed by atoms with Gasteiger partial charge >= 0.3 is 0 Å². The van der Waals surface area contributed by atoms with E-state index in [1.165, 1.54) is 0 Å². The molecule has 3 N–H and O–H groups in total. The van der Waals surface area contributed by atoms with E-state index >= 15 is 0 Å². The molecule has 1 heterocycles. The molecule has 0 fully saturated rings. The molecular formula is C14H22N2O3. The van der Waals surface area contributed by atoms with Gasteiger partial charge in [-0.3, -0.25) is 0 Å². The molecule has 1 aromatic carbocycles. The summed E-state index contributed by atoms with van der Waals surface area (Å²) in [7, 11) is 3.86. The second kappa shape index (κ2) is 5.77. The molecule has 1 aliphatic heterocycles. The van der Waals surface area contributed by atoms with Gasteiger partial charge in [0.05, 0.1) is 12.1 Å². The number of aliphatic hydroxyl groups is 1. The molecule has 0 amide bonds. The highest BCUT2D eigenvalue weighted by atomic mass is 16.6. The number of fused-ring (bicyclic) bond motifs is 1. The highest BCUT2D eigenvalue weighted by Crippen LogP contribution is 2.37. The predicted octanol–water partition coefficient (Wildman–Crippen LogP) is 0.689. The fourth-order valence-corrected chi connectivity index (χ4v) is 2.48. The van der Waals surface area contributed by atoms with E-state index in [-0.39, 0.29) is 12.6 Å². The van der Waals surface area contributed by atoms with Crippen molar-refractivity contribution in [3.8, 4) is 11.5 Å². The molecule has 19 heavy (non-hydrogen) atoms. The number of ether oxygens (including phenoxy) is 2. The molecule has 2 unspecified atom stereocenters. The molecule has 0 aliphatic carbocycles. The summed E-state index contributed by atoms with van der Waals surface area (Å²) in [4.78, 5) is 1.97. The first-order valence-electron chi connectivity index (χ1n) is 6.49. The van der Waals surface area contributed by atoms with Crippen molar-refractivity contribution < 1.29 is 14.6 Å². The topological polar surface area (TPSA) is 68.0 Å². The van der Waals surface area contributed by atoms with Crippen molar-refractivity contribution >= 4 is 0 Å². The second-order valence-corrected chi connectivity index (χ2v) is 5.06. The zero-order valence-electron chi connectivity index (χ0n) is 11.7. The van der Waals surface area contributed by atoms with Gasteiger partial charge in [-0.25, -0.2) is 0 Å². The zero-order chi connectivity index (χ0) is 14.0. The highest BCUT2D eigenvalue weighted by Gasteiger charge is 2.26. The lowest BCUT2D eigenvalue weighted by molar-refractivity contribution is 0.0814. The van der Waals surface area contributed by atoms with Gasteiger partial charge in [0.15, 0.2) is 11.5 Å². The minimum Gasteiger partial charge on any atom is -0.486 e. The van der Waals surface area contributed by atoms with Gasteiger partial charge in [0.2, 0.25) is 0 Å². The lowest BCUT2D eigenvalue weighted by Gasteiger charge is -2.31. The molecule has 0 radical (unpaired) electrons. The molecule has 0 bridgehead atoms. The van der Waals surface area contributed by atoms with E-state index in [0.29, 0.717) is 13.2 Å². The van der Waals surface area contributed by atoms with Crippen molar-refractivity contribution in [2.45, 2.75) is 19.1 Å². The molecule has 1 aliphatic rings. The second-order valence-electron chi connectivity index (χ2n) is 5.06. The molecule has 5 nitrogen and oxygen atoms in total. The smallest absolute Gasteiger partial charge is 0.161 e. The Kier molecular flexibility index (Phi) is 4.29. The normalized spacial score (nSPS) is 17.4. The van der Waals surface area contributed by atoms with Crippen LogP contribution in [0.25, 0.3) is 0 Å². The molecule has 2 rings (SSSR count). The van der Waals surface area contributed by atoms with E-state index in [2.05, 4.69) is 0 Å². The van der Waals surface area contributed by atoms with Gasteiger partial charge in [-0.05, 0) is 44.3 Å². The maximum Gasteiger partial charge on any atom is 0.161 e. The van der Waals surface area contributed by atoms with Crippen LogP contribution in [0.4, 0.5) is 0 Å². The standard InChI is InChI=1S/C14H22N2O3/c1-9-6-12-13(19-5-4-18-12)7-10(9)14(16(2)3)11(17)8-15/h6-7,11,14,17H,4-5,8,15H2,1-3H3. The molecule has 0 saturated carbocycles. The summed E-state index contributed by atoms with van der Waals surface area (Å²) in [6.07, 6.45) is -0.615. The van der Waals surface area contributed by atoms with Crippen molar-refractivity contribution in [1.82, 2.24) is 4.90 Å². The number of benzene rings is 1. The van der Waals surface area contributed by atoms with Crippen LogP contribution >= 0.6 is 0 Å². The van der Waals surface area contributed by atoms with Crippen LogP contribution in [0.5, 0.6) is 11.5 Å². The molecule has 1 aromatic rings. The van der Waals surface area contributed by atoms with Gasteiger partial charge in [0.1, 0.15) is 13.2 Å². The first kappa shape index (κ1) is 14.1. The third-order valence-corrected chi connectivity index (χ3v) is 3.41. The number of aryl methyl sites for hydroxylation is 1. The maximum atomic E-state index is 10.1. The molecule has 106 valence electrons. The Balaban J connectivity index is 2.42. The van der Waals surface area contributed by atoms with Gasteiger partial charge in [0.25, 0.3) is 0 Å². The minimum absolute atomic E-state index is 0.152. The number of nitrogens with two attached hydrogens (primary N) is 1. The van der Waals surface area contributed by atoms with E-state index in [1.807, 2.05) is 38.1 Å². The number of hydrogen-bond acceptors (Lipinski definition) is 5. The monoisotopic (exact) mass is 266 g/mol. The minimum atomic E-state index is -0.615. The third kappa shape index (κ3) is 2.83. The number of hydrogen-bond donors (Lipinski definition) is 2. The number of aliphatic hydroxyl groups excluding tert-OH is 1. The van der Waals surface area contributed by atoms with Crippen molar-refractivity contribution in [1.29, 1.82) is 0 Å². The van der Waals surface area contributed by atoms with Gasteiger partial charge in [-0.2, -0.15) is 0 Å². The molecule has 5 heteroatoms. The van der Waals surface area contributed by atoms with E-state index in [1.54, 1.807) is 0 Å². The van der Waals surface area contributed by atoms with Crippen LogP contribution in [0, 0.1) is 6.92 Å². The maximum absolute atomic E-state index is 10.1. The van der Waals surface area contributed by atoms with Crippen LogP contribution < -0.4 is 15.2 Å². The van der Waals surface area contributed by atoms with Crippen molar-refractivity contribution in [2.75, 3.05) is 33.9 Å².